The fourth-order valence-electron chi connectivity index (χ4n) is 3.12. The van der Waals surface area contributed by atoms with Crippen LogP contribution in [0, 0.1) is 0 Å². The lowest BCUT2D eigenvalue weighted by Crippen LogP contribution is -2.17. The van der Waals surface area contributed by atoms with Gasteiger partial charge in [0.1, 0.15) is 0 Å². The normalized spacial score (nSPS) is 10.8. The zero-order valence-electron chi connectivity index (χ0n) is 17.4. The average Bonchev–Trinajstić information content (AvgIpc) is 2.62. The smallest absolute Gasteiger partial charge is 0.226 e. The summed E-state index contributed by atoms with van der Waals surface area (Å²) in [5, 5.41) is 9.08. The summed E-state index contributed by atoms with van der Waals surface area (Å²) in [6.45, 7) is 10.8. The van der Waals surface area contributed by atoms with Crippen molar-refractivity contribution in [2.24, 2.45) is 0 Å². The SMILES string of the molecule is CC(=O)Nc1ccc(NC(=O)CCNc2c(C(C)C)cccc2C(C)C)cc1. The Bertz CT molecular complexity index is 785. The molecule has 3 N–H and O–H groups in total. The molecule has 0 aromatic heterocycles. The van der Waals surface area contributed by atoms with Crippen molar-refractivity contribution in [1.29, 1.82) is 0 Å². The van der Waals surface area contributed by atoms with Crippen LogP contribution in [-0.2, 0) is 9.59 Å². The molecular weight excluding hydrogens is 350 g/mol. The van der Waals surface area contributed by atoms with Crippen LogP contribution < -0.4 is 16.0 Å². The fourth-order valence-corrected chi connectivity index (χ4v) is 3.12. The Morgan fingerprint density at radius 3 is 1.79 bits per heavy atom. The Morgan fingerprint density at radius 1 is 0.821 bits per heavy atom. The van der Waals surface area contributed by atoms with Crippen molar-refractivity contribution >= 4 is 28.9 Å². The topological polar surface area (TPSA) is 70.2 Å². The van der Waals surface area contributed by atoms with E-state index in [9.17, 15) is 9.59 Å². The van der Waals surface area contributed by atoms with Crippen molar-refractivity contribution in [2.75, 3.05) is 22.5 Å². The van der Waals surface area contributed by atoms with Gasteiger partial charge in [0.15, 0.2) is 0 Å². The van der Waals surface area contributed by atoms with E-state index in [1.54, 1.807) is 24.3 Å². The molecule has 5 heteroatoms. The van der Waals surface area contributed by atoms with Crippen LogP contribution in [0.3, 0.4) is 0 Å². The number of rotatable bonds is 8. The minimum Gasteiger partial charge on any atom is -0.384 e. The van der Waals surface area contributed by atoms with Crippen molar-refractivity contribution in [3.8, 4) is 0 Å². The van der Waals surface area contributed by atoms with Crippen LogP contribution >= 0.6 is 0 Å². The fraction of sp³-hybridized carbons (Fsp3) is 0.391. The second kappa shape index (κ2) is 9.93. The van der Waals surface area contributed by atoms with Gasteiger partial charge in [0, 0.05) is 37.0 Å². The van der Waals surface area contributed by atoms with Crippen LogP contribution in [0.25, 0.3) is 0 Å². The van der Waals surface area contributed by atoms with Crippen LogP contribution in [0.1, 0.15) is 64.0 Å². The summed E-state index contributed by atoms with van der Waals surface area (Å²) in [6.07, 6.45) is 0.372. The van der Waals surface area contributed by atoms with E-state index in [1.165, 1.54) is 18.1 Å². The highest BCUT2D eigenvalue weighted by Crippen LogP contribution is 2.32. The van der Waals surface area contributed by atoms with Crippen LogP contribution in [-0.4, -0.2) is 18.4 Å². The highest BCUT2D eigenvalue weighted by molar-refractivity contribution is 5.92. The molecule has 0 heterocycles. The number of hydrogen-bond donors (Lipinski definition) is 3. The molecule has 0 saturated heterocycles. The lowest BCUT2D eigenvalue weighted by atomic mass is 9.92. The first-order valence-corrected chi connectivity index (χ1v) is 9.82. The predicted molar refractivity (Wildman–Crippen MR) is 117 cm³/mol. The van der Waals surface area contributed by atoms with Gasteiger partial charge in [-0.25, -0.2) is 0 Å². The van der Waals surface area contributed by atoms with Crippen molar-refractivity contribution < 1.29 is 9.59 Å². The summed E-state index contributed by atoms with van der Waals surface area (Å²) in [6, 6.07) is 13.5. The number of carbonyl (C=O) groups is 2. The van der Waals surface area contributed by atoms with Crippen LogP contribution in [0.5, 0.6) is 0 Å². The number of carbonyl (C=O) groups excluding carboxylic acids is 2. The van der Waals surface area contributed by atoms with Gasteiger partial charge in [0.2, 0.25) is 11.8 Å². The van der Waals surface area contributed by atoms with E-state index in [4.69, 9.17) is 0 Å². The Morgan fingerprint density at radius 2 is 1.32 bits per heavy atom. The molecule has 0 bridgehead atoms. The van der Waals surface area contributed by atoms with Gasteiger partial charge in [-0.3, -0.25) is 9.59 Å². The molecule has 0 aliphatic carbocycles. The number of para-hydroxylation sites is 1. The second-order valence-corrected chi connectivity index (χ2v) is 7.60. The predicted octanol–water partition coefficient (Wildman–Crippen LogP) is 5.33. The summed E-state index contributed by atoms with van der Waals surface area (Å²) in [7, 11) is 0. The molecule has 0 atom stereocenters. The Labute approximate surface area is 167 Å². The van der Waals surface area contributed by atoms with Gasteiger partial charge in [0.05, 0.1) is 0 Å². The largest absolute Gasteiger partial charge is 0.384 e. The summed E-state index contributed by atoms with van der Waals surface area (Å²) in [5.41, 5.74) is 5.13. The van der Waals surface area contributed by atoms with Gasteiger partial charge >= 0.3 is 0 Å². The summed E-state index contributed by atoms with van der Waals surface area (Å²) in [4.78, 5) is 23.3. The zero-order valence-corrected chi connectivity index (χ0v) is 17.4. The molecule has 0 fully saturated rings. The first-order valence-electron chi connectivity index (χ1n) is 9.82. The maximum Gasteiger partial charge on any atom is 0.226 e. The minimum atomic E-state index is -0.120. The Hall–Kier alpha value is -2.82. The number of benzene rings is 2. The Kier molecular flexibility index (Phi) is 7.61. The lowest BCUT2D eigenvalue weighted by Gasteiger charge is -2.20. The van der Waals surface area contributed by atoms with E-state index in [2.05, 4.69) is 61.8 Å². The zero-order chi connectivity index (χ0) is 20.7. The molecule has 0 radical (unpaired) electrons. The molecule has 0 spiro atoms. The standard InChI is InChI=1S/C23H31N3O2/c1-15(2)20-7-6-8-21(16(3)4)23(20)24-14-13-22(28)26-19-11-9-18(10-12-19)25-17(5)27/h6-12,15-16,24H,13-14H2,1-5H3,(H,25,27)(H,26,28). The van der Waals surface area contributed by atoms with E-state index in [1.807, 2.05) is 0 Å². The number of anilines is 3. The molecular formula is C23H31N3O2. The molecule has 0 unspecified atom stereocenters. The molecule has 2 aromatic carbocycles. The molecule has 150 valence electrons. The van der Waals surface area contributed by atoms with Gasteiger partial charge in [-0.05, 0) is 47.2 Å². The summed E-state index contributed by atoms with van der Waals surface area (Å²) >= 11 is 0. The maximum atomic E-state index is 12.3. The molecule has 2 amide bonds. The molecule has 2 rings (SSSR count). The average molecular weight is 382 g/mol. The van der Waals surface area contributed by atoms with E-state index in [0.29, 0.717) is 36.2 Å². The van der Waals surface area contributed by atoms with Crippen LogP contribution in [0.15, 0.2) is 42.5 Å². The van der Waals surface area contributed by atoms with Gasteiger partial charge in [-0.15, -0.1) is 0 Å². The van der Waals surface area contributed by atoms with Crippen molar-refractivity contribution in [2.45, 2.75) is 52.9 Å². The van der Waals surface area contributed by atoms with Crippen molar-refractivity contribution in [1.82, 2.24) is 0 Å². The number of amides is 2. The van der Waals surface area contributed by atoms with Gasteiger partial charge in [0.25, 0.3) is 0 Å². The minimum absolute atomic E-state index is 0.0482. The third kappa shape index (κ3) is 6.12. The highest BCUT2D eigenvalue weighted by atomic mass is 16.2. The second-order valence-electron chi connectivity index (χ2n) is 7.60. The highest BCUT2D eigenvalue weighted by Gasteiger charge is 2.13. The van der Waals surface area contributed by atoms with E-state index in [-0.39, 0.29) is 11.8 Å². The number of nitrogens with one attached hydrogen (secondary N) is 3. The molecule has 28 heavy (non-hydrogen) atoms. The van der Waals surface area contributed by atoms with E-state index >= 15 is 0 Å². The quantitative estimate of drug-likeness (QED) is 0.578. The number of hydrogen-bond acceptors (Lipinski definition) is 3. The molecule has 0 aliphatic rings. The third-order valence-corrected chi connectivity index (χ3v) is 4.52. The molecule has 5 nitrogen and oxygen atoms in total. The van der Waals surface area contributed by atoms with E-state index in [0.717, 1.165) is 5.69 Å². The van der Waals surface area contributed by atoms with Crippen LogP contribution in [0.4, 0.5) is 17.1 Å². The lowest BCUT2D eigenvalue weighted by molar-refractivity contribution is -0.116. The summed E-state index contributed by atoms with van der Waals surface area (Å²) < 4.78 is 0. The molecule has 2 aromatic rings. The first kappa shape index (κ1) is 21.5. The van der Waals surface area contributed by atoms with Gasteiger partial charge < -0.3 is 16.0 Å². The van der Waals surface area contributed by atoms with Gasteiger partial charge in [-0.2, -0.15) is 0 Å². The first-order chi connectivity index (χ1) is 13.3. The van der Waals surface area contributed by atoms with Crippen molar-refractivity contribution in [3.63, 3.8) is 0 Å². The van der Waals surface area contributed by atoms with Gasteiger partial charge in [-0.1, -0.05) is 45.9 Å². The van der Waals surface area contributed by atoms with Crippen LogP contribution in [0.2, 0.25) is 0 Å². The van der Waals surface area contributed by atoms with Crippen molar-refractivity contribution in [3.05, 3.63) is 53.6 Å². The third-order valence-electron chi connectivity index (χ3n) is 4.52. The monoisotopic (exact) mass is 381 g/mol. The molecule has 0 saturated carbocycles. The maximum absolute atomic E-state index is 12.3. The van der Waals surface area contributed by atoms with E-state index < -0.39 is 0 Å². The molecule has 0 aliphatic heterocycles. The summed E-state index contributed by atoms with van der Waals surface area (Å²) in [5.74, 6) is 0.660. The Balaban J connectivity index is 1.94.